The molecular weight excluding hydrogens is 263 g/mol. The molecule has 2 rings (SSSR count). The molecule has 4 heteroatoms. The predicted molar refractivity (Wildman–Crippen MR) is 74.2 cm³/mol. The molecule has 0 saturated heterocycles. The molecule has 1 aromatic carbocycles. The van der Waals surface area contributed by atoms with E-state index in [1.807, 2.05) is 0 Å². The van der Waals surface area contributed by atoms with Gasteiger partial charge < -0.3 is 5.73 Å². The maximum absolute atomic E-state index is 12.5. The summed E-state index contributed by atoms with van der Waals surface area (Å²) >= 11 is 0. The first-order chi connectivity index (χ1) is 9.36. The third kappa shape index (κ3) is 3.98. The first-order valence-corrected chi connectivity index (χ1v) is 7.28. The normalized spacial score (nSPS) is 25.4. The van der Waals surface area contributed by atoms with Gasteiger partial charge in [-0.3, -0.25) is 0 Å². The molecule has 0 aliphatic heterocycles. The Balaban J connectivity index is 1.95. The molecule has 1 fully saturated rings. The van der Waals surface area contributed by atoms with Gasteiger partial charge in [-0.25, -0.2) is 0 Å². The molecule has 0 heterocycles. The smallest absolute Gasteiger partial charge is 0.327 e. The van der Waals surface area contributed by atoms with Crippen LogP contribution in [0.5, 0.6) is 0 Å². The molecule has 1 nitrogen and oxygen atoms in total. The van der Waals surface area contributed by atoms with Crippen LogP contribution in [0.2, 0.25) is 0 Å². The number of hydrogen-bond acceptors (Lipinski definition) is 1. The fraction of sp³-hybridized carbons (Fsp3) is 0.625. The second-order valence-electron chi connectivity index (χ2n) is 6.09. The molecule has 3 atom stereocenters. The molecule has 0 radical (unpaired) electrons. The zero-order valence-corrected chi connectivity index (χ0v) is 11.8. The van der Waals surface area contributed by atoms with E-state index >= 15 is 0 Å². The standard InChI is InChI=1S/C16H22F3N/c1-11-3-2-4-13(9-11)15(20)10-12-5-7-14(8-6-12)16(17,18)19/h5-8,11,13,15H,2-4,9-10,20H2,1H3. The zero-order valence-electron chi connectivity index (χ0n) is 11.8. The van der Waals surface area contributed by atoms with Gasteiger partial charge in [0.25, 0.3) is 0 Å². The molecular formula is C16H22F3N. The Hall–Kier alpha value is -1.03. The monoisotopic (exact) mass is 285 g/mol. The third-order valence-corrected chi connectivity index (χ3v) is 4.34. The van der Waals surface area contributed by atoms with Crippen molar-refractivity contribution >= 4 is 0 Å². The zero-order chi connectivity index (χ0) is 14.8. The first kappa shape index (κ1) is 15.4. The van der Waals surface area contributed by atoms with Crippen LogP contribution in [0.4, 0.5) is 13.2 Å². The van der Waals surface area contributed by atoms with Crippen LogP contribution in [0.3, 0.4) is 0 Å². The Kier molecular flexibility index (Phi) is 4.74. The van der Waals surface area contributed by atoms with Crippen LogP contribution in [0.25, 0.3) is 0 Å². The average molecular weight is 285 g/mol. The summed E-state index contributed by atoms with van der Waals surface area (Å²) in [7, 11) is 0. The summed E-state index contributed by atoms with van der Waals surface area (Å²) in [5, 5.41) is 0. The average Bonchev–Trinajstić information content (AvgIpc) is 2.38. The Morgan fingerprint density at radius 1 is 1.20 bits per heavy atom. The molecule has 0 bridgehead atoms. The van der Waals surface area contributed by atoms with Gasteiger partial charge in [0.2, 0.25) is 0 Å². The van der Waals surface area contributed by atoms with Gasteiger partial charge in [-0.15, -0.1) is 0 Å². The van der Waals surface area contributed by atoms with Crippen LogP contribution in [0, 0.1) is 11.8 Å². The Morgan fingerprint density at radius 3 is 2.40 bits per heavy atom. The number of alkyl halides is 3. The fourth-order valence-electron chi connectivity index (χ4n) is 3.14. The van der Waals surface area contributed by atoms with E-state index in [-0.39, 0.29) is 6.04 Å². The molecule has 20 heavy (non-hydrogen) atoms. The largest absolute Gasteiger partial charge is 0.416 e. The van der Waals surface area contributed by atoms with Gasteiger partial charge in [0.15, 0.2) is 0 Å². The topological polar surface area (TPSA) is 26.0 Å². The lowest BCUT2D eigenvalue weighted by molar-refractivity contribution is -0.137. The fourth-order valence-corrected chi connectivity index (χ4v) is 3.14. The minimum absolute atomic E-state index is 0.0505. The van der Waals surface area contributed by atoms with E-state index in [0.29, 0.717) is 18.3 Å². The lowest BCUT2D eigenvalue weighted by atomic mass is 9.77. The summed E-state index contributed by atoms with van der Waals surface area (Å²) in [4.78, 5) is 0. The summed E-state index contributed by atoms with van der Waals surface area (Å²) in [5.74, 6) is 1.22. The highest BCUT2D eigenvalue weighted by molar-refractivity contribution is 5.25. The molecule has 1 aromatic rings. The van der Waals surface area contributed by atoms with Gasteiger partial charge in [0.05, 0.1) is 5.56 Å². The quantitative estimate of drug-likeness (QED) is 0.875. The summed E-state index contributed by atoms with van der Waals surface area (Å²) in [6, 6.07) is 5.44. The highest BCUT2D eigenvalue weighted by atomic mass is 19.4. The lowest BCUT2D eigenvalue weighted by Crippen LogP contribution is -2.35. The van der Waals surface area contributed by atoms with Crippen molar-refractivity contribution < 1.29 is 13.2 Å². The lowest BCUT2D eigenvalue weighted by Gasteiger charge is -2.31. The number of benzene rings is 1. The van der Waals surface area contributed by atoms with Crippen molar-refractivity contribution in [2.24, 2.45) is 17.6 Å². The van der Waals surface area contributed by atoms with Crippen molar-refractivity contribution in [3.8, 4) is 0 Å². The Labute approximate surface area is 118 Å². The second-order valence-corrected chi connectivity index (χ2v) is 6.09. The molecule has 0 spiro atoms. The van der Waals surface area contributed by atoms with E-state index in [2.05, 4.69) is 6.92 Å². The molecule has 1 aliphatic carbocycles. The SMILES string of the molecule is CC1CCCC(C(N)Cc2ccc(C(F)(F)F)cc2)C1. The van der Waals surface area contributed by atoms with Gasteiger partial charge in [-0.05, 0) is 48.8 Å². The third-order valence-electron chi connectivity index (χ3n) is 4.34. The molecule has 1 saturated carbocycles. The molecule has 112 valence electrons. The van der Waals surface area contributed by atoms with Crippen molar-refractivity contribution in [3.63, 3.8) is 0 Å². The highest BCUT2D eigenvalue weighted by Crippen LogP contribution is 2.32. The van der Waals surface area contributed by atoms with Crippen LogP contribution in [-0.2, 0) is 12.6 Å². The van der Waals surface area contributed by atoms with Gasteiger partial charge in [0.1, 0.15) is 0 Å². The van der Waals surface area contributed by atoms with Crippen LogP contribution in [-0.4, -0.2) is 6.04 Å². The molecule has 2 N–H and O–H groups in total. The van der Waals surface area contributed by atoms with Crippen LogP contribution in [0.15, 0.2) is 24.3 Å². The van der Waals surface area contributed by atoms with E-state index in [4.69, 9.17) is 5.73 Å². The Bertz CT molecular complexity index is 424. The van der Waals surface area contributed by atoms with Gasteiger partial charge in [0, 0.05) is 6.04 Å². The Morgan fingerprint density at radius 2 is 1.85 bits per heavy atom. The maximum Gasteiger partial charge on any atom is 0.416 e. The van der Waals surface area contributed by atoms with Crippen LogP contribution < -0.4 is 5.73 Å². The van der Waals surface area contributed by atoms with Crippen molar-refractivity contribution in [2.45, 2.75) is 51.2 Å². The molecule has 3 unspecified atom stereocenters. The number of halogens is 3. The second kappa shape index (κ2) is 6.17. The van der Waals surface area contributed by atoms with Gasteiger partial charge in [-0.2, -0.15) is 13.2 Å². The number of rotatable bonds is 3. The van der Waals surface area contributed by atoms with Crippen molar-refractivity contribution in [1.29, 1.82) is 0 Å². The van der Waals surface area contributed by atoms with Crippen molar-refractivity contribution in [3.05, 3.63) is 35.4 Å². The minimum Gasteiger partial charge on any atom is -0.327 e. The van der Waals surface area contributed by atoms with E-state index < -0.39 is 11.7 Å². The van der Waals surface area contributed by atoms with Crippen LogP contribution >= 0.6 is 0 Å². The molecule has 1 aliphatic rings. The summed E-state index contributed by atoms with van der Waals surface area (Å²) in [5.41, 5.74) is 6.54. The van der Waals surface area contributed by atoms with E-state index in [1.54, 1.807) is 12.1 Å². The van der Waals surface area contributed by atoms with E-state index in [1.165, 1.54) is 12.8 Å². The van der Waals surface area contributed by atoms with Crippen LogP contribution in [0.1, 0.15) is 43.7 Å². The predicted octanol–water partition coefficient (Wildman–Crippen LogP) is 4.40. The molecule has 0 amide bonds. The van der Waals surface area contributed by atoms with E-state index in [0.717, 1.165) is 30.5 Å². The first-order valence-electron chi connectivity index (χ1n) is 7.28. The highest BCUT2D eigenvalue weighted by Gasteiger charge is 2.30. The number of hydrogen-bond donors (Lipinski definition) is 1. The summed E-state index contributed by atoms with van der Waals surface area (Å²) < 4.78 is 37.5. The van der Waals surface area contributed by atoms with Crippen molar-refractivity contribution in [2.75, 3.05) is 0 Å². The maximum atomic E-state index is 12.5. The van der Waals surface area contributed by atoms with Gasteiger partial charge >= 0.3 is 6.18 Å². The summed E-state index contributed by atoms with van der Waals surface area (Å²) in [6.45, 7) is 2.25. The molecule has 0 aromatic heterocycles. The summed E-state index contributed by atoms with van der Waals surface area (Å²) in [6.07, 6.45) is 1.17. The minimum atomic E-state index is -4.26. The van der Waals surface area contributed by atoms with Crippen molar-refractivity contribution in [1.82, 2.24) is 0 Å². The van der Waals surface area contributed by atoms with Gasteiger partial charge in [-0.1, -0.05) is 31.9 Å². The number of nitrogens with two attached hydrogens (primary N) is 1. The van der Waals surface area contributed by atoms with E-state index in [9.17, 15) is 13.2 Å².